The van der Waals surface area contributed by atoms with Crippen LogP contribution in [0.5, 0.6) is 0 Å². The molecule has 5 heteroatoms. The Labute approximate surface area is 131 Å². The molecule has 118 valence electrons. The lowest BCUT2D eigenvalue weighted by Crippen LogP contribution is -2.41. The largest absolute Gasteiger partial charge is 0.384 e. The summed E-state index contributed by atoms with van der Waals surface area (Å²) in [5.74, 6) is 0.755. The molecule has 2 atom stereocenters. The lowest BCUT2D eigenvalue weighted by molar-refractivity contribution is -0.125. The molecule has 1 aromatic heterocycles. The van der Waals surface area contributed by atoms with E-state index in [1.807, 2.05) is 16.8 Å². The molecule has 1 saturated heterocycles. The van der Waals surface area contributed by atoms with Gasteiger partial charge in [-0.1, -0.05) is 13.8 Å². The van der Waals surface area contributed by atoms with Crippen molar-refractivity contribution in [3.63, 3.8) is 0 Å². The van der Waals surface area contributed by atoms with Crippen LogP contribution < -0.4 is 5.32 Å². The molecule has 1 aliphatic rings. The van der Waals surface area contributed by atoms with Crippen LogP contribution in [-0.4, -0.2) is 42.1 Å². The summed E-state index contributed by atoms with van der Waals surface area (Å²) < 4.78 is 0. The van der Waals surface area contributed by atoms with Crippen LogP contribution in [-0.2, 0) is 10.4 Å². The van der Waals surface area contributed by atoms with Crippen molar-refractivity contribution >= 4 is 17.2 Å². The normalized spacial score (nSPS) is 22.4. The van der Waals surface area contributed by atoms with Crippen LogP contribution in [0.25, 0.3) is 0 Å². The Morgan fingerprint density at radius 2 is 2.38 bits per heavy atom. The van der Waals surface area contributed by atoms with Crippen LogP contribution in [0, 0.1) is 11.8 Å². The first-order valence-electron chi connectivity index (χ1n) is 7.63. The van der Waals surface area contributed by atoms with E-state index in [4.69, 9.17) is 0 Å². The van der Waals surface area contributed by atoms with Crippen molar-refractivity contribution in [1.82, 2.24) is 10.2 Å². The number of amides is 1. The Kier molecular flexibility index (Phi) is 5.41. The second-order valence-corrected chi connectivity index (χ2v) is 7.42. The third-order valence-corrected chi connectivity index (χ3v) is 4.70. The van der Waals surface area contributed by atoms with Gasteiger partial charge in [-0.15, -0.1) is 0 Å². The van der Waals surface area contributed by atoms with Crippen molar-refractivity contribution in [1.29, 1.82) is 0 Å². The van der Waals surface area contributed by atoms with E-state index in [1.54, 1.807) is 18.3 Å². The molecule has 0 bridgehead atoms. The summed E-state index contributed by atoms with van der Waals surface area (Å²) in [5.41, 5.74) is -0.132. The van der Waals surface area contributed by atoms with E-state index in [-0.39, 0.29) is 18.4 Å². The quantitative estimate of drug-likeness (QED) is 0.845. The zero-order valence-electron chi connectivity index (χ0n) is 13.1. The minimum Gasteiger partial charge on any atom is -0.384 e. The molecule has 2 unspecified atom stereocenters. The van der Waals surface area contributed by atoms with Gasteiger partial charge >= 0.3 is 0 Å². The fraction of sp³-hybridized carbons (Fsp3) is 0.688. The van der Waals surface area contributed by atoms with Gasteiger partial charge in [-0.3, -0.25) is 4.79 Å². The van der Waals surface area contributed by atoms with Crippen LogP contribution in [0.1, 0.15) is 32.8 Å². The number of likely N-dealkylation sites (tertiary alicyclic amines) is 1. The molecule has 0 aromatic carbocycles. The Hall–Kier alpha value is -0.910. The topological polar surface area (TPSA) is 52.6 Å². The van der Waals surface area contributed by atoms with Crippen LogP contribution in [0.2, 0.25) is 0 Å². The van der Waals surface area contributed by atoms with Crippen LogP contribution in [0.4, 0.5) is 0 Å². The van der Waals surface area contributed by atoms with E-state index in [0.29, 0.717) is 5.92 Å². The molecule has 0 aliphatic carbocycles. The number of aliphatic hydroxyl groups is 1. The highest BCUT2D eigenvalue weighted by Gasteiger charge is 2.30. The number of nitrogens with zero attached hydrogens (tertiary/aromatic N) is 1. The standard InChI is InChI=1S/C16H26N2O2S/c1-12(2)8-18-6-4-13(9-18)15(19)17-11-16(3,20)14-5-7-21-10-14/h5,7,10,12-13,20H,4,6,8-9,11H2,1-3H3,(H,17,19). The molecule has 0 saturated carbocycles. The molecule has 21 heavy (non-hydrogen) atoms. The van der Waals surface area contributed by atoms with E-state index in [2.05, 4.69) is 24.1 Å². The molecule has 1 amide bonds. The summed E-state index contributed by atoms with van der Waals surface area (Å²) in [6.45, 7) is 9.30. The van der Waals surface area contributed by atoms with Crippen LogP contribution in [0.3, 0.4) is 0 Å². The predicted molar refractivity (Wildman–Crippen MR) is 86.3 cm³/mol. The van der Waals surface area contributed by atoms with Gasteiger partial charge in [-0.2, -0.15) is 11.3 Å². The number of thiophene rings is 1. The minimum absolute atomic E-state index is 0.0574. The fourth-order valence-electron chi connectivity index (χ4n) is 2.81. The average molecular weight is 310 g/mol. The summed E-state index contributed by atoms with van der Waals surface area (Å²) in [7, 11) is 0. The Bertz CT molecular complexity index is 457. The Balaban J connectivity index is 1.80. The van der Waals surface area contributed by atoms with Crippen LogP contribution >= 0.6 is 11.3 Å². The Morgan fingerprint density at radius 3 is 3.00 bits per heavy atom. The van der Waals surface area contributed by atoms with E-state index >= 15 is 0 Å². The molecule has 1 aromatic rings. The molecule has 2 heterocycles. The number of rotatable bonds is 6. The van der Waals surface area contributed by atoms with Crippen molar-refractivity contribution in [2.24, 2.45) is 11.8 Å². The maximum absolute atomic E-state index is 12.2. The van der Waals surface area contributed by atoms with Gasteiger partial charge in [0.15, 0.2) is 0 Å². The second kappa shape index (κ2) is 6.90. The third-order valence-electron chi connectivity index (χ3n) is 4.02. The Morgan fingerprint density at radius 1 is 1.62 bits per heavy atom. The predicted octanol–water partition coefficient (Wildman–Crippen LogP) is 2.05. The highest BCUT2D eigenvalue weighted by Crippen LogP contribution is 2.23. The van der Waals surface area contributed by atoms with Gasteiger partial charge in [0.05, 0.1) is 12.5 Å². The molecular weight excluding hydrogens is 284 g/mol. The van der Waals surface area contributed by atoms with Gasteiger partial charge in [-0.05, 0) is 48.2 Å². The number of hydrogen-bond donors (Lipinski definition) is 2. The molecule has 0 spiro atoms. The first-order valence-corrected chi connectivity index (χ1v) is 8.58. The molecule has 4 nitrogen and oxygen atoms in total. The number of hydrogen-bond acceptors (Lipinski definition) is 4. The smallest absolute Gasteiger partial charge is 0.224 e. The van der Waals surface area contributed by atoms with Crippen molar-refractivity contribution in [3.05, 3.63) is 22.4 Å². The van der Waals surface area contributed by atoms with E-state index in [1.165, 1.54) is 0 Å². The maximum atomic E-state index is 12.2. The first-order chi connectivity index (χ1) is 9.88. The van der Waals surface area contributed by atoms with Gasteiger partial charge in [0, 0.05) is 13.1 Å². The summed E-state index contributed by atoms with van der Waals surface area (Å²) in [4.78, 5) is 14.6. The van der Waals surface area contributed by atoms with Gasteiger partial charge in [0.25, 0.3) is 0 Å². The lowest BCUT2D eigenvalue weighted by Gasteiger charge is -2.24. The average Bonchev–Trinajstić information content (AvgIpc) is 3.06. The van der Waals surface area contributed by atoms with Gasteiger partial charge in [0.2, 0.25) is 5.91 Å². The highest BCUT2D eigenvalue weighted by molar-refractivity contribution is 7.08. The highest BCUT2D eigenvalue weighted by atomic mass is 32.1. The zero-order chi connectivity index (χ0) is 15.5. The molecule has 2 N–H and O–H groups in total. The summed E-state index contributed by atoms with van der Waals surface area (Å²) in [5, 5.41) is 17.2. The monoisotopic (exact) mass is 310 g/mol. The van der Waals surface area contributed by atoms with Crippen molar-refractivity contribution < 1.29 is 9.90 Å². The zero-order valence-corrected chi connectivity index (χ0v) is 13.9. The third kappa shape index (κ3) is 4.53. The summed E-state index contributed by atoms with van der Waals surface area (Å²) in [6, 6.07) is 1.90. The minimum atomic E-state index is -0.994. The molecule has 0 radical (unpaired) electrons. The first kappa shape index (κ1) is 16.5. The van der Waals surface area contributed by atoms with Gasteiger partial charge in [-0.25, -0.2) is 0 Å². The van der Waals surface area contributed by atoms with Crippen LogP contribution in [0.15, 0.2) is 16.8 Å². The van der Waals surface area contributed by atoms with E-state index < -0.39 is 5.60 Å². The maximum Gasteiger partial charge on any atom is 0.224 e. The molecule has 1 fully saturated rings. The molecule has 2 rings (SSSR count). The number of carbonyl (C=O) groups excluding carboxylic acids is 1. The number of carbonyl (C=O) groups is 1. The fourth-order valence-corrected chi connectivity index (χ4v) is 3.59. The van der Waals surface area contributed by atoms with Gasteiger partial charge < -0.3 is 15.3 Å². The molecular formula is C16H26N2O2S. The van der Waals surface area contributed by atoms with Crippen molar-refractivity contribution in [3.8, 4) is 0 Å². The van der Waals surface area contributed by atoms with Crippen molar-refractivity contribution in [2.75, 3.05) is 26.2 Å². The van der Waals surface area contributed by atoms with Gasteiger partial charge in [0.1, 0.15) is 5.60 Å². The summed E-state index contributed by atoms with van der Waals surface area (Å²) in [6.07, 6.45) is 0.916. The number of nitrogens with one attached hydrogen (secondary N) is 1. The summed E-state index contributed by atoms with van der Waals surface area (Å²) >= 11 is 1.55. The van der Waals surface area contributed by atoms with Crippen molar-refractivity contribution in [2.45, 2.75) is 32.8 Å². The lowest BCUT2D eigenvalue weighted by atomic mass is 9.99. The van der Waals surface area contributed by atoms with E-state index in [0.717, 1.165) is 31.6 Å². The second-order valence-electron chi connectivity index (χ2n) is 6.64. The van der Waals surface area contributed by atoms with E-state index in [9.17, 15) is 9.90 Å². The SMILES string of the molecule is CC(C)CN1CCC(C(=O)NCC(C)(O)c2ccsc2)C1. The molecule has 1 aliphatic heterocycles.